The van der Waals surface area contributed by atoms with Gasteiger partial charge < -0.3 is 5.32 Å². The summed E-state index contributed by atoms with van der Waals surface area (Å²) in [7, 11) is 1.10. The molecular formula is C16H27NOS. The number of nitrogens with one attached hydrogen (secondary N) is 1. The van der Waals surface area contributed by atoms with E-state index in [2.05, 4.69) is 38.2 Å². The second kappa shape index (κ2) is 6.19. The minimum Gasteiger partial charge on any atom is -0.312 e. The van der Waals surface area contributed by atoms with Gasteiger partial charge >= 0.3 is 0 Å². The highest BCUT2D eigenvalue weighted by Gasteiger charge is 2.24. The van der Waals surface area contributed by atoms with Crippen molar-refractivity contribution >= 4 is 10.8 Å². The lowest BCUT2D eigenvalue weighted by Crippen LogP contribution is -2.32. The third-order valence-electron chi connectivity index (χ3n) is 3.44. The van der Waals surface area contributed by atoms with Gasteiger partial charge in [-0.05, 0) is 65.3 Å². The number of benzene rings is 1. The average Bonchev–Trinajstić information content (AvgIpc) is 2.24. The molecule has 0 aliphatic carbocycles. The van der Waals surface area contributed by atoms with Gasteiger partial charge in [0, 0.05) is 27.3 Å². The van der Waals surface area contributed by atoms with Crippen molar-refractivity contribution in [2.75, 3.05) is 12.8 Å². The van der Waals surface area contributed by atoms with Crippen LogP contribution in [0.3, 0.4) is 0 Å². The summed E-state index contributed by atoms with van der Waals surface area (Å²) in [5.74, 6) is 0.657. The molecule has 3 heteroatoms. The van der Waals surface area contributed by atoms with Crippen molar-refractivity contribution in [3.8, 4) is 0 Å². The Hall–Kier alpha value is -0.670. The van der Waals surface area contributed by atoms with Crippen molar-refractivity contribution in [1.82, 2.24) is 5.32 Å². The van der Waals surface area contributed by atoms with Gasteiger partial charge in [0.25, 0.3) is 0 Å². The largest absolute Gasteiger partial charge is 0.312 e. The molecule has 1 aromatic rings. The Bertz CT molecular complexity index is 451. The van der Waals surface area contributed by atoms with Gasteiger partial charge in [-0.3, -0.25) is 4.21 Å². The molecule has 108 valence electrons. The first-order chi connectivity index (χ1) is 8.66. The zero-order chi connectivity index (χ0) is 14.8. The Labute approximate surface area is 120 Å². The summed E-state index contributed by atoms with van der Waals surface area (Å²) in [6.45, 7) is 12.5. The number of hydrogen-bond acceptors (Lipinski definition) is 2. The maximum absolute atomic E-state index is 12.4. The number of hydrogen-bond donors (Lipinski definition) is 1. The molecule has 19 heavy (non-hydrogen) atoms. The Morgan fingerprint density at radius 1 is 1.16 bits per heavy atom. The van der Waals surface area contributed by atoms with Gasteiger partial charge in [0.05, 0.1) is 0 Å². The second-order valence-electron chi connectivity index (χ2n) is 6.28. The minimum absolute atomic E-state index is 0.153. The van der Waals surface area contributed by atoms with Crippen molar-refractivity contribution in [3.05, 3.63) is 34.4 Å². The SMILES string of the molecule is CNC(CS(=O)C(C)(C)C)c1c(C)cc(C)cc1C. The van der Waals surface area contributed by atoms with Gasteiger partial charge in [-0.15, -0.1) is 0 Å². The van der Waals surface area contributed by atoms with E-state index in [1.54, 1.807) is 0 Å². The standard InChI is InChI=1S/C16H27NOS/c1-11-8-12(2)15(13(3)9-11)14(17-7)10-19(18)16(4,5)6/h8-9,14,17H,10H2,1-7H3. The van der Waals surface area contributed by atoms with Crippen LogP contribution < -0.4 is 5.32 Å². The fraction of sp³-hybridized carbons (Fsp3) is 0.625. The smallest absolute Gasteiger partial charge is 0.0439 e. The second-order valence-corrected chi connectivity index (χ2v) is 8.53. The molecule has 1 rings (SSSR count). The van der Waals surface area contributed by atoms with Crippen molar-refractivity contribution in [1.29, 1.82) is 0 Å². The highest BCUT2D eigenvalue weighted by atomic mass is 32.2. The van der Waals surface area contributed by atoms with Crippen molar-refractivity contribution in [2.45, 2.75) is 52.3 Å². The predicted octanol–water partition coefficient (Wildman–Crippen LogP) is 3.42. The molecule has 2 unspecified atom stereocenters. The van der Waals surface area contributed by atoms with Gasteiger partial charge in [0.15, 0.2) is 0 Å². The van der Waals surface area contributed by atoms with Gasteiger partial charge in [0.1, 0.15) is 0 Å². The maximum Gasteiger partial charge on any atom is 0.0439 e. The van der Waals surface area contributed by atoms with Gasteiger partial charge in [-0.1, -0.05) is 17.7 Å². The first kappa shape index (κ1) is 16.4. The van der Waals surface area contributed by atoms with E-state index >= 15 is 0 Å². The van der Waals surface area contributed by atoms with E-state index in [9.17, 15) is 4.21 Å². The van der Waals surface area contributed by atoms with Crippen LogP contribution >= 0.6 is 0 Å². The van der Waals surface area contributed by atoms with Crippen molar-refractivity contribution in [3.63, 3.8) is 0 Å². The molecule has 0 amide bonds. The quantitative estimate of drug-likeness (QED) is 0.916. The highest BCUT2D eigenvalue weighted by molar-refractivity contribution is 7.86. The molecule has 1 aromatic carbocycles. The fourth-order valence-electron chi connectivity index (χ4n) is 2.45. The molecule has 1 N–H and O–H groups in total. The molecule has 2 nitrogen and oxygen atoms in total. The Kier molecular flexibility index (Phi) is 5.34. The van der Waals surface area contributed by atoms with Crippen LogP contribution in [-0.2, 0) is 10.8 Å². The third kappa shape index (κ3) is 4.15. The summed E-state index contributed by atoms with van der Waals surface area (Å²) >= 11 is 0. The van der Waals surface area contributed by atoms with Crippen LogP contribution in [0.4, 0.5) is 0 Å². The van der Waals surface area contributed by atoms with E-state index < -0.39 is 10.8 Å². The van der Waals surface area contributed by atoms with Gasteiger partial charge in [0.2, 0.25) is 0 Å². The Morgan fingerprint density at radius 2 is 1.63 bits per heavy atom. The first-order valence-corrected chi connectivity index (χ1v) is 8.12. The topological polar surface area (TPSA) is 29.1 Å². The van der Waals surface area contributed by atoms with Crippen molar-refractivity contribution < 1.29 is 4.21 Å². The lowest BCUT2D eigenvalue weighted by molar-refractivity contribution is 0.610. The highest BCUT2D eigenvalue weighted by Crippen LogP contribution is 2.26. The molecule has 0 saturated heterocycles. The third-order valence-corrected chi connectivity index (χ3v) is 5.44. The summed E-state index contributed by atoms with van der Waals surface area (Å²) in [6.07, 6.45) is 0. The molecule has 0 radical (unpaired) electrons. The van der Waals surface area contributed by atoms with E-state index in [0.717, 1.165) is 0 Å². The Morgan fingerprint density at radius 3 is 2.00 bits per heavy atom. The van der Waals surface area contributed by atoms with Crippen LogP contribution in [0.25, 0.3) is 0 Å². The first-order valence-electron chi connectivity index (χ1n) is 6.80. The fourth-order valence-corrected chi connectivity index (χ4v) is 3.59. The number of rotatable bonds is 4. The van der Waals surface area contributed by atoms with Crippen molar-refractivity contribution in [2.24, 2.45) is 0 Å². The molecule has 0 spiro atoms. The van der Waals surface area contributed by atoms with Crippen LogP contribution in [0.2, 0.25) is 0 Å². The van der Waals surface area contributed by atoms with Crippen LogP contribution in [0, 0.1) is 20.8 Å². The van der Waals surface area contributed by atoms with E-state index in [1.807, 2.05) is 27.8 Å². The number of aryl methyl sites for hydroxylation is 3. The predicted molar refractivity (Wildman–Crippen MR) is 85.2 cm³/mol. The summed E-state index contributed by atoms with van der Waals surface area (Å²) in [6, 6.07) is 4.56. The lowest BCUT2D eigenvalue weighted by atomic mass is 9.95. The Balaban J connectivity index is 3.08. The monoisotopic (exact) mass is 281 g/mol. The van der Waals surface area contributed by atoms with Crippen LogP contribution in [0.5, 0.6) is 0 Å². The molecule has 2 atom stereocenters. The summed E-state index contributed by atoms with van der Waals surface area (Å²) in [5.41, 5.74) is 5.14. The van der Waals surface area contributed by atoms with Gasteiger partial charge in [-0.25, -0.2) is 0 Å². The van der Waals surface area contributed by atoms with E-state index in [-0.39, 0.29) is 10.8 Å². The molecule has 0 aromatic heterocycles. The molecular weight excluding hydrogens is 254 g/mol. The van der Waals surface area contributed by atoms with Crippen LogP contribution in [0.1, 0.15) is 49.1 Å². The van der Waals surface area contributed by atoms with E-state index in [4.69, 9.17) is 0 Å². The lowest BCUT2D eigenvalue weighted by Gasteiger charge is -2.25. The maximum atomic E-state index is 12.4. The normalized spacial score (nSPS) is 15.3. The molecule has 0 fully saturated rings. The molecule has 0 heterocycles. The zero-order valence-corrected chi connectivity index (χ0v) is 14.1. The molecule has 0 bridgehead atoms. The summed E-state index contributed by atoms with van der Waals surface area (Å²) < 4.78 is 12.2. The summed E-state index contributed by atoms with van der Waals surface area (Å²) in [5, 5.41) is 3.33. The van der Waals surface area contributed by atoms with Gasteiger partial charge in [-0.2, -0.15) is 0 Å². The molecule has 0 aliphatic rings. The van der Waals surface area contributed by atoms with E-state index in [1.165, 1.54) is 22.3 Å². The molecule has 0 saturated carbocycles. The van der Waals surface area contributed by atoms with Crippen LogP contribution in [-0.4, -0.2) is 21.8 Å². The minimum atomic E-state index is -0.852. The van der Waals surface area contributed by atoms with E-state index in [0.29, 0.717) is 5.75 Å². The zero-order valence-electron chi connectivity index (χ0n) is 13.3. The molecule has 0 aliphatic heterocycles. The summed E-state index contributed by atoms with van der Waals surface area (Å²) in [4.78, 5) is 0. The van der Waals surface area contributed by atoms with Crippen LogP contribution in [0.15, 0.2) is 12.1 Å². The average molecular weight is 281 g/mol.